The molecule has 2 amide bonds. The van der Waals surface area contributed by atoms with Gasteiger partial charge >= 0.3 is 0 Å². The van der Waals surface area contributed by atoms with Crippen LogP contribution in [-0.2, 0) is 21.5 Å². The smallest absolute Gasteiger partial charge is 0.234 e. The fraction of sp³-hybridized carbons (Fsp3) is 0.300. The second-order valence-corrected chi connectivity index (χ2v) is 6.52. The molecule has 0 radical (unpaired) electrons. The first kappa shape index (κ1) is 17.2. The summed E-state index contributed by atoms with van der Waals surface area (Å²) in [5.74, 6) is -0.360. The fourth-order valence-corrected chi connectivity index (χ4v) is 3.35. The molecule has 2 atom stereocenters. The molecule has 1 heterocycles. The average Bonchev–Trinajstić information content (AvgIpc) is 3.02. The van der Waals surface area contributed by atoms with Crippen LogP contribution in [0.2, 0.25) is 0 Å². The van der Waals surface area contributed by atoms with E-state index in [-0.39, 0.29) is 5.91 Å². The number of benzene rings is 2. The minimum absolute atomic E-state index is 0.0318. The SMILES string of the molecule is NC(=O)C(Cc1ccccc1)NCC1(c2ccccc2)CCC(=O)N1. The fourth-order valence-electron chi connectivity index (χ4n) is 3.35. The summed E-state index contributed by atoms with van der Waals surface area (Å²) in [5.41, 5.74) is 7.18. The minimum atomic E-state index is -0.497. The van der Waals surface area contributed by atoms with Crippen molar-refractivity contribution in [3.05, 3.63) is 71.8 Å². The van der Waals surface area contributed by atoms with Crippen LogP contribution in [0.4, 0.5) is 0 Å². The van der Waals surface area contributed by atoms with Crippen molar-refractivity contribution in [1.29, 1.82) is 0 Å². The molecule has 3 rings (SSSR count). The zero-order valence-corrected chi connectivity index (χ0v) is 14.1. The zero-order chi connectivity index (χ0) is 17.7. The Balaban J connectivity index is 1.75. The molecule has 2 aromatic carbocycles. The molecule has 0 aromatic heterocycles. The lowest BCUT2D eigenvalue weighted by molar-refractivity contribution is -0.120. The number of rotatable bonds is 7. The van der Waals surface area contributed by atoms with Crippen molar-refractivity contribution in [2.45, 2.75) is 30.8 Å². The predicted molar refractivity (Wildman–Crippen MR) is 96.6 cm³/mol. The number of hydrogen-bond donors (Lipinski definition) is 3. The van der Waals surface area contributed by atoms with Gasteiger partial charge in [0.1, 0.15) is 0 Å². The lowest BCUT2D eigenvalue weighted by Crippen LogP contribution is -2.52. The van der Waals surface area contributed by atoms with Gasteiger partial charge in [-0.1, -0.05) is 60.7 Å². The quantitative estimate of drug-likeness (QED) is 0.715. The van der Waals surface area contributed by atoms with E-state index in [1.807, 2.05) is 60.7 Å². The van der Waals surface area contributed by atoms with Crippen LogP contribution in [0, 0.1) is 0 Å². The molecule has 5 heteroatoms. The number of nitrogens with one attached hydrogen (secondary N) is 2. The molecule has 5 nitrogen and oxygen atoms in total. The number of carbonyl (C=O) groups excluding carboxylic acids is 2. The molecule has 0 spiro atoms. The molecule has 25 heavy (non-hydrogen) atoms. The largest absolute Gasteiger partial charge is 0.368 e. The third-order valence-electron chi connectivity index (χ3n) is 4.76. The van der Waals surface area contributed by atoms with Gasteiger partial charge < -0.3 is 16.4 Å². The zero-order valence-electron chi connectivity index (χ0n) is 14.1. The van der Waals surface area contributed by atoms with Crippen molar-refractivity contribution in [1.82, 2.24) is 10.6 Å². The van der Waals surface area contributed by atoms with Crippen molar-refractivity contribution >= 4 is 11.8 Å². The van der Waals surface area contributed by atoms with Gasteiger partial charge in [-0.2, -0.15) is 0 Å². The van der Waals surface area contributed by atoms with Crippen LogP contribution < -0.4 is 16.4 Å². The van der Waals surface area contributed by atoms with E-state index in [1.165, 1.54) is 0 Å². The Bertz CT molecular complexity index is 733. The van der Waals surface area contributed by atoms with Gasteiger partial charge in [0.15, 0.2) is 0 Å². The third kappa shape index (κ3) is 4.06. The molecular weight excluding hydrogens is 314 g/mol. The molecule has 130 valence electrons. The van der Waals surface area contributed by atoms with Gasteiger partial charge in [0.25, 0.3) is 0 Å². The van der Waals surface area contributed by atoms with Crippen LogP contribution in [0.1, 0.15) is 24.0 Å². The number of primary amides is 1. The summed E-state index contributed by atoms with van der Waals surface area (Å²) in [6.07, 6.45) is 1.70. The molecule has 1 saturated heterocycles. The van der Waals surface area contributed by atoms with Crippen molar-refractivity contribution in [3.63, 3.8) is 0 Å². The summed E-state index contributed by atoms with van der Waals surface area (Å²) < 4.78 is 0. The Hall–Kier alpha value is -2.66. The van der Waals surface area contributed by atoms with Gasteiger partial charge in [0, 0.05) is 13.0 Å². The lowest BCUT2D eigenvalue weighted by Gasteiger charge is -2.32. The van der Waals surface area contributed by atoms with Gasteiger partial charge in [-0.25, -0.2) is 0 Å². The lowest BCUT2D eigenvalue weighted by atomic mass is 9.88. The summed E-state index contributed by atoms with van der Waals surface area (Å²) in [7, 11) is 0. The first-order valence-electron chi connectivity index (χ1n) is 8.52. The standard InChI is InChI=1S/C20H23N3O2/c21-19(25)17(13-15-7-3-1-4-8-15)22-14-20(12-11-18(24)23-20)16-9-5-2-6-10-16/h1-10,17,22H,11-14H2,(H2,21,25)(H,23,24). The summed E-state index contributed by atoms with van der Waals surface area (Å²) in [6.45, 7) is 0.462. The number of carbonyl (C=O) groups is 2. The van der Waals surface area contributed by atoms with Crippen molar-refractivity contribution in [2.24, 2.45) is 5.73 Å². The molecule has 2 aromatic rings. The normalized spacial score (nSPS) is 20.9. The van der Waals surface area contributed by atoms with E-state index in [1.54, 1.807) is 0 Å². The van der Waals surface area contributed by atoms with E-state index in [0.29, 0.717) is 25.8 Å². The molecule has 0 bridgehead atoms. The van der Waals surface area contributed by atoms with Crippen molar-refractivity contribution < 1.29 is 9.59 Å². The van der Waals surface area contributed by atoms with Crippen molar-refractivity contribution in [2.75, 3.05) is 6.54 Å². The predicted octanol–water partition coefficient (Wildman–Crippen LogP) is 1.48. The van der Waals surface area contributed by atoms with E-state index >= 15 is 0 Å². The van der Waals surface area contributed by atoms with Crippen LogP contribution in [0.3, 0.4) is 0 Å². The van der Waals surface area contributed by atoms with Crippen molar-refractivity contribution in [3.8, 4) is 0 Å². The number of nitrogens with two attached hydrogens (primary N) is 1. The second-order valence-electron chi connectivity index (χ2n) is 6.52. The monoisotopic (exact) mass is 337 g/mol. The maximum atomic E-state index is 11.9. The number of hydrogen-bond acceptors (Lipinski definition) is 3. The minimum Gasteiger partial charge on any atom is -0.368 e. The summed E-state index contributed by atoms with van der Waals surface area (Å²) in [5, 5.41) is 6.37. The molecule has 1 aliphatic heterocycles. The molecule has 0 saturated carbocycles. The molecule has 2 unspecified atom stereocenters. The van der Waals surface area contributed by atoms with Gasteiger partial charge in [0.2, 0.25) is 11.8 Å². The first-order valence-corrected chi connectivity index (χ1v) is 8.52. The van der Waals surface area contributed by atoms with E-state index in [2.05, 4.69) is 10.6 Å². The number of amides is 2. The van der Waals surface area contributed by atoms with E-state index < -0.39 is 17.5 Å². The highest BCUT2D eigenvalue weighted by Crippen LogP contribution is 2.31. The Morgan fingerprint density at radius 2 is 1.76 bits per heavy atom. The molecule has 4 N–H and O–H groups in total. The Morgan fingerprint density at radius 3 is 2.32 bits per heavy atom. The van der Waals surface area contributed by atoms with Crippen LogP contribution in [-0.4, -0.2) is 24.4 Å². The second kappa shape index (κ2) is 7.49. The maximum absolute atomic E-state index is 11.9. The van der Waals surface area contributed by atoms with Crippen LogP contribution in [0.5, 0.6) is 0 Å². The first-order chi connectivity index (χ1) is 12.1. The van der Waals surface area contributed by atoms with Crippen LogP contribution >= 0.6 is 0 Å². The third-order valence-corrected chi connectivity index (χ3v) is 4.76. The average molecular weight is 337 g/mol. The highest BCUT2D eigenvalue weighted by molar-refractivity contribution is 5.81. The van der Waals surface area contributed by atoms with E-state index in [4.69, 9.17) is 5.73 Å². The van der Waals surface area contributed by atoms with Gasteiger partial charge in [-0.05, 0) is 24.0 Å². The topological polar surface area (TPSA) is 84.2 Å². The van der Waals surface area contributed by atoms with Gasteiger partial charge in [-0.3, -0.25) is 9.59 Å². The van der Waals surface area contributed by atoms with Crippen LogP contribution in [0.15, 0.2) is 60.7 Å². The van der Waals surface area contributed by atoms with E-state index in [0.717, 1.165) is 11.1 Å². The Morgan fingerprint density at radius 1 is 1.12 bits per heavy atom. The molecule has 1 fully saturated rings. The van der Waals surface area contributed by atoms with Gasteiger partial charge in [-0.15, -0.1) is 0 Å². The highest BCUT2D eigenvalue weighted by atomic mass is 16.2. The molecule has 0 aliphatic carbocycles. The Labute approximate surface area is 147 Å². The molecule has 1 aliphatic rings. The summed E-state index contributed by atoms with van der Waals surface area (Å²) in [4.78, 5) is 23.8. The summed E-state index contributed by atoms with van der Waals surface area (Å²) in [6, 6.07) is 19.1. The summed E-state index contributed by atoms with van der Waals surface area (Å²) >= 11 is 0. The molecular formula is C20H23N3O2. The van der Waals surface area contributed by atoms with Gasteiger partial charge in [0.05, 0.1) is 11.6 Å². The Kier molecular flexibility index (Phi) is 5.14. The van der Waals surface area contributed by atoms with Crippen LogP contribution in [0.25, 0.3) is 0 Å². The van der Waals surface area contributed by atoms with E-state index in [9.17, 15) is 9.59 Å². The highest BCUT2D eigenvalue weighted by Gasteiger charge is 2.39. The maximum Gasteiger partial charge on any atom is 0.234 e.